The molecule has 0 saturated carbocycles. The molecule has 1 fully saturated rings. The number of hydrogen-bond donors (Lipinski definition) is 1. The summed E-state index contributed by atoms with van der Waals surface area (Å²) in [5.74, 6) is -2.60. The van der Waals surface area contributed by atoms with Gasteiger partial charge in [-0.2, -0.15) is 4.31 Å². The average Bonchev–Trinajstić information content (AvgIpc) is 2.37. The summed E-state index contributed by atoms with van der Waals surface area (Å²) in [6, 6.07) is 0. The van der Waals surface area contributed by atoms with E-state index >= 15 is 0 Å². The summed E-state index contributed by atoms with van der Waals surface area (Å²) in [6.45, 7) is 4.11. The smallest absolute Gasteiger partial charge is 0.315 e. The summed E-state index contributed by atoms with van der Waals surface area (Å²) in [5.41, 5.74) is 0. The lowest BCUT2D eigenvalue weighted by atomic mass is 10.1. The molecule has 1 aliphatic rings. The number of rotatable bonds is 5. The van der Waals surface area contributed by atoms with Crippen molar-refractivity contribution in [2.45, 2.75) is 20.3 Å². The van der Waals surface area contributed by atoms with Crippen LogP contribution in [0, 0.1) is 5.92 Å². The third kappa shape index (κ3) is 3.90. The van der Waals surface area contributed by atoms with Gasteiger partial charge in [0.05, 0.1) is 5.75 Å². The second-order valence-corrected chi connectivity index (χ2v) is 6.69. The third-order valence-corrected chi connectivity index (χ3v) is 5.22. The predicted octanol–water partition coefficient (Wildman–Crippen LogP) is -0.409. The van der Waals surface area contributed by atoms with Crippen molar-refractivity contribution in [1.29, 1.82) is 0 Å². The van der Waals surface area contributed by atoms with Gasteiger partial charge in [-0.15, -0.1) is 0 Å². The second-order valence-electron chi connectivity index (χ2n) is 4.60. The zero-order valence-corrected chi connectivity index (χ0v) is 12.0. The lowest BCUT2D eigenvalue weighted by molar-refractivity contribution is -0.150. The van der Waals surface area contributed by atoms with Gasteiger partial charge in [-0.25, -0.2) is 8.42 Å². The van der Waals surface area contributed by atoms with Crippen LogP contribution < -0.4 is 0 Å². The van der Waals surface area contributed by atoms with Crippen LogP contribution in [-0.2, 0) is 19.6 Å². The molecule has 8 heteroatoms. The fourth-order valence-corrected chi connectivity index (χ4v) is 3.45. The molecule has 0 aromatic rings. The van der Waals surface area contributed by atoms with Crippen LogP contribution in [0.15, 0.2) is 0 Å². The maximum atomic E-state index is 11.8. The Morgan fingerprint density at radius 3 is 2.16 bits per heavy atom. The fraction of sp³-hybridized carbons (Fsp3) is 0.818. The van der Waals surface area contributed by atoms with Crippen LogP contribution in [-0.4, -0.2) is 66.5 Å². The Hall–Kier alpha value is -1.15. The van der Waals surface area contributed by atoms with Gasteiger partial charge >= 0.3 is 5.97 Å². The van der Waals surface area contributed by atoms with E-state index in [1.807, 2.05) is 0 Å². The molecule has 1 rings (SSSR count). The second kappa shape index (κ2) is 6.33. The molecule has 1 unspecified atom stereocenters. The molecule has 0 bridgehead atoms. The molecular weight excluding hydrogens is 272 g/mol. The number of nitrogens with zero attached hydrogens (tertiary/aromatic N) is 2. The summed E-state index contributed by atoms with van der Waals surface area (Å²) in [5, 5.41) is 8.78. The number of piperazine rings is 1. The van der Waals surface area contributed by atoms with Gasteiger partial charge in [-0.3, -0.25) is 9.59 Å². The van der Waals surface area contributed by atoms with E-state index in [1.165, 1.54) is 16.1 Å². The van der Waals surface area contributed by atoms with E-state index in [1.54, 1.807) is 6.92 Å². The number of hydrogen-bond acceptors (Lipinski definition) is 4. The highest BCUT2D eigenvalue weighted by atomic mass is 32.2. The number of amides is 1. The van der Waals surface area contributed by atoms with Gasteiger partial charge < -0.3 is 10.0 Å². The van der Waals surface area contributed by atoms with Crippen LogP contribution >= 0.6 is 0 Å². The zero-order chi connectivity index (χ0) is 14.6. The molecule has 0 aliphatic carbocycles. The third-order valence-electron chi connectivity index (χ3n) is 3.15. The normalized spacial score (nSPS) is 19.2. The minimum absolute atomic E-state index is 0.104. The van der Waals surface area contributed by atoms with Crippen LogP contribution in [0.3, 0.4) is 0 Å². The van der Waals surface area contributed by atoms with E-state index in [9.17, 15) is 18.0 Å². The fourth-order valence-electron chi connectivity index (χ4n) is 1.95. The molecule has 1 atom stereocenters. The largest absolute Gasteiger partial charge is 0.481 e. The quantitative estimate of drug-likeness (QED) is 0.695. The van der Waals surface area contributed by atoms with Crippen molar-refractivity contribution in [3.05, 3.63) is 0 Å². The predicted molar refractivity (Wildman–Crippen MR) is 69.0 cm³/mol. The molecule has 1 amide bonds. The standard InChI is InChI=1S/C11H20N2O5S/c1-3-8-19(17,18)13-6-4-12(5-7-13)10(14)9(2)11(15)16/h9H,3-8H2,1-2H3,(H,15,16). The summed E-state index contributed by atoms with van der Waals surface area (Å²) >= 11 is 0. The SMILES string of the molecule is CCCS(=O)(=O)N1CCN(C(=O)C(C)C(=O)O)CC1. The lowest BCUT2D eigenvalue weighted by Crippen LogP contribution is -2.52. The first-order valence-electron chi connectivity index (χ1n) is 6.29. The summed E-state index contributed by atoms with van der Waals surface area (Å²) in [4.78, 5) is 24.0. The summed E-state index contributed by atoms with van der Waals surface area (Å²) in [6.07, 6.45) is 0.553. The van der Waals surface area contributed by atoms with Gasteiger partial charge in [0.2, 0.25) is 15.9 Å². The van der Waals surface area contributed by atoms with Gasteiger partial charge in [-0.1, -0.05) is 6.92 Å². The Morgan fingerprint density at radius 1 is 1.21 bits per heavy atom. The first-order chi connectivity index (χ1) is 8.79. The van der Waals surface area contributed by atoms with Crippen LogP contribution in [0.1, 0.15) is 20.3 Å². The van der Waals surface area contributed by atoms with Crippen molar-refractivity contribution < 1.29 is 23.1 Å². The maximum absolute atomic E-state index is 11.8. The van der Waals surface area contributed by atoms with Crippen molar-refractivity contribution >= 4 is 21.9 Å². The van der Waals surface area contributed by atoms with Crippen molar-refractivity contribution in [1.82, 2.24) is 9.21 Å². The molecule has 19 heavy (non-hydrogen) atoms. The van der Waals surface area contributed by atoms with Crippen molar-refractivity contribution in [3.8, 4) is 0 Å². The molecule has 0 spiro atoms. The molecule has 1 N–H and O–H groups in total. The minimum atomic E-state index is -3.24. The van der Waals surface area contributed by atoms with Crippen molar-refractivity contribution in [3.63, 3.8) is 0 Å². The Balaban J connectivity index is 2.58. The van der Waals surface area contributed by atoms with E-state index in [4.69, 9.17) is 5.11 Å². The van der Waals surface area contributed by atoms with E-state index in [-0.39, 0.29) is 31.9 Å². The number of carboxylic acid groups (broad SMARTS) is 1. The highest BCUT2D eigenvalue weighted by Gasteiger charge is 2.31. The Morgan fingerprint density at radius 2 is 1.74 bits per heavy atom. The number of carbonyl (C=O) groups is 2. The van der Waals surface area contributed by atoms with Crippen LogP contribution in [0.25, 0.3) is 0 Å². The Kier molecular flexibility index (Phi) is 5.30. The Bertz CT molecular complexity index is 440. The first kappa shape index (κ1) is 15.9. The monoisotopic (exact) mass is 292 g/mol. The molecule has 1 saturated heterocycles. The van der Waals surface area contributed by atoms with Crippen LogP contribution in [0.2, 0.25) is 0 Å². The van der Waals surface area contributed by atoms with Crippen molar-refractivity contribution in [2.24, 2.45) is 5.92 Å². The van der Waals surface area contributed by atoms with Gasteiger partial charge in [0.25, 0.3) is 0 Å². The topological polar surface area (TPSA) is 95.0 Å². The number of carboxylic acids is 1. The van der Waals surface area contributed by atoms with Crippen LogP contribution in [0.4, 0.5) is 0 Å². The number of carbonyl (C=O) groups excluding carboxylic acids is 1. The Labute approximate surface area is 113 Å². The van der Waals surface area contributed by atoms with E-state index in [2.05, 4.69) is 0 Å². The summed E-state index contributed by atoms with van der Waals surface area (Å²) in [7, 11) is -3.24. The average molecular weight is 292 g/mol. The zero-order valence-electron chi connectivity index (χ0n) is 11.2. The molecule has 110 valence electrons. The molecule has 1 heterocycles. The molecular formula is C11H20N2O5S. The highest BCUT2D eigenvalue weighted by molar-refractivity contribution is 7.89. The molecule has 0 radical (unpaired) electrons. The van der Waals surface area contributed by atoms with Gasteiger partial charge in [0.1, 0.15) is 5.92 Å². The molecule has 0 aromatic carbocycles. The van der Waals surface area contributed by atoms with Crippen LogP contribution in [0.5, 0.6) is 0 Å². The van der Waals surface area contributed by atoms with E-state index in [0.717, 1.165) is 0 Å². The molecule has 0 aromatic heterocycles. The van der Waals surface area contributed by atoms with Crippen molar-refractivity contribution in [2.75, 3.05) is 31.9 Å². The van der Waals surface area contributed by atoms with Gasteiger partial charge in [-0.05, 0) is 13.3 Å². The minimum Gasteiger partial charge on any atom is -0.481 e. The number of aliphatic carboxylic acids is 1. The highest BCUT2D eigenvalue weighted by Crippen LogP contribution is 2.11. The van der Waals surface area contributed by atoms with E-state index < -0.39 is 27.8 Å². The van der Waals surface area contributed by atoms with Gasteiger partial charge in [0.15, 0.2) is 0 Å². The molecule has 7 nitrogen and oxygen atoms in total. The summed E-state index contributed by atoms with van der Waals surface area (Å²) < 4.78 is 25.0. The first-order valence-corrected chi connectivity index (χ1v) is 7.90. The lowest BCUT2D eigenvalue weighted by Gasteiger charge is -2.34. The number of sulfonamides is 1. The maximum Gasteiger partial charge on any atom is 0.315 e. The van der Waals surface area contributed by atoms with Gasteiger partial charge in [0, 0.05) is 26.2 Å². The molecule has 1 aliphatic heterocycles. The van der Waals surface area contributed by atoms with E-state index in [0.29, 0.717) is 6.42 Å².